The lowest BCUT2D eigenvalue weighted by Gasteiger charge is -2.33. The molecule has 2 amide bonds. The molecule has 122 valence electrons. The van der Waals surface area contributed by atoms with E-state index in [4.69, 9.17) is 5.73 Å². The highest BCUT2D eigenvalue weighted by atomic mass is 16.2. The minimum absolute atomic E-state index is 0.0465. The number of carbonyl (C=O) groups excluding carboxylic acids is 2. The van der Waals surface area contributed by atoms with Crippen molar-refractivity contribution in [3.63, 3.8) is 0 Å². The Morgan fingerprint density at radius 1 is 1.30 bits per heavy atom. The van der Waals surface area contributed by atoms with Gasteiger partial charge in [-0.05, 0) is 36.1 Å². The quantitative estimate of drug-likeness (QED) is 0.924. The SMILES string of the molecule is CC(=O)N1C=Cc2ccccc2C1CC(=O)N1CCC(CN)C1. The zero-order chi connectivity index (χ0) is 16.4. The van der Waals surface area contributed by atoms with Crippen LogP contribution in [0.3, 0.4) is 0 Å². The molecule has 2 aliphatic rings. The zero-order valence-electron chi connectivity index (χ0n) is 13.4. The molecule has 23 heavy (non-hydrogen) atoms. The van der Waals surface area contributed by atoms with Gasteiger partial charge in [-0.1, -0.05) is 24.3 Å². The van der Waals surface area contributed by atoms with E-state index >= 15 is 0 Å². The number of carbonyl (C=O) groups is 2. The minimum Gasteiger partial charge on any atom is -0.342 e. The van der Waals surface area contributed by atoms with Crippen molar-refractivity contribution in [2.24, 2.45) is 11.7 Å². The van der Waals surface area contributed by atoms with Crippen molar-refractivity contribution >= 4 is 17.9 Å². The van der Waals surface area contributed by atoms with E-state index < -0.39 is 0 Å². The molecule has 0 aliphatic carbocycles. The first-order valence-electron chi connectivity index (χ1n) is 8.14. The molecule has 0 bridgehead atoms. The number of amides is 2. The molecule has 0 aromatic heterocycles. The van der Waals surface area contributed by atoms with Crippen molar-refractivity contribution in [2.45, 2.75) is 25.8 Å². The van der Waals surface area contributed by atoms with Crippen LogP contribution in [0.15, 0.2) is 30.5 Å². The van der Waals surface area contributed by atoms with E-state index in [0.717, 1.165) is 30.6 Å². The van der Waals surface area contributed by atoms with Crippen LogP contribution in [0.1, 0.15) is 36.9 Å². The summed E-state index contributed by atoms with van der Waals surface area (Å²) in [4.78, 5) is 28.2. The molecule has 1 aromatic rings. The second kappa shape index (κ2) is 6.54. The van der Waals surface area contributed by atoms with Gasteiger partial charge in [-0.25, -0.2) is 0 Å². The van der Waals surface area contributed by atoms with Gasteiger partial charge in [0.25, 0.3) is 0 Å². The van der Waals surface area contributed by atoms with Crippen LogP contribution in [0.25, 0.3) is 6.08 Å². The molecule has 2 N–H and O–H groups in total. The molecule has 2 atom stereocenters. The molecule has 5 nitrogen and oxygen atoms in total. The van der Waals surface area contributed by atoms with Crippen molar-refractivity contribution in [1.29, 1.82) is 0 Å². The molecule has 2 aliphatic heterocycles. The van der Waals surface area contributed by atoms with E-state index in [1.807, 2.05) is 35.2 Å². The second-order valence-electron chi connectivity index (χ2n) is 6.32. The molecule has 1 fully saturated rings. The van der Waals surface area contributed by atoms with E-state index in [1.165, 1.54) is 6.92 Å². The number of nitrogens with zero attached hydrogens (tertiary/aromatic N) is 2. The van der Waals surface area contributed by atoms with Crippen molar-refractivity contribution < 1.29 is 9.59 Å². The van der Waals surface area contributed by atoms with Crippen LogP contribution < -0.4 is 5.73 Å². The van der Waals surface area contributed by atoms with Crippen molar-refractivity contribution in [1.82, 2.24) is 9.80 Å². The van der Waals surface area contributed by atoms with E-state index in [-0.39, 0.29) is 17.9 Å². The molecule has 1 aromatic carbocycles. The number of likely N-dealkylation sites (tertiary alicyclic amines) is 1. The topological polar surface area (TPSA) is 66.6 Å². The predicted molar refractivity (Wildman–Crippen MR) is 89.1 cm³/mol. The van der Waals surface area contributed by atoms with Crippen molar-refractivity contribution in [2.75, 3.05) is 19.6 Å². The van der Waals surface area contributed by atoms with Crippen LogP contribution in [0.5, 0.6) is 0 Å². The van der Waals surface area contributed by atoms with Crippen molar-refractivity contribution in [3.8, 4) is 0 Å². The molecular weight excluding hydrogens is 290 g/mol. The summed E-state index contributed by atoms with van der Waals surface area (Å²) in [6.07, 6.45) is 5.01. The molecule has 1 saturated heterocycles. The Morgan fingerprint density at radius 2 is 2.09 bits per heavy atom. The van der Waals surface area contributed by atoms with Gasteiger partial charge in [-0.3, -0.25) is 9.59 Å². The molecule has 2 unspecified atom stereocenters. The molecule has 5 heteroatoms. The first kappa shape index (κ1) is 15.7. The predicted octanol–water partition coefficient (Wildman–Crippen LogP) is 1.76. The number of rotatable bonds is 3. The minimum atomic E-state index is -0.224. The van der Waals surface area contributed by atoms with Crippen LogP contribution in [0, 0.1) is 5.92 Å². The standard InChI is InChI=1S/C18H23N3O2/c1-13(22)21-9-7-15-4-2-3-5-16(15)17(21)10-18(23)20-8-6-14(11-19)12-20/h2-5,7,9,14,17H,6,8,10-12,19H2,1H3. The summed E-state index contributed by atoms with van der Waals surface area (Å²) in [6, 6.07) is 7.71. The number of hydrogen-bond donors (Lipinski definition) is 1. The Labute approximate surface area is 136 Å². The van der Waals surface area contributed by atoms with Gasteiger partial charge in [0.05, 0.1) is 12.5 Å². The number of nitrogens with two attached hydrogens (primary N) is 1. The summed E-state index contributed by atoms with van der Waals surface area (Å²) < 4.78 is 0. The summed E-state index contributed by atoms with van der Waals surface area (Å²) in [5.41, 5.74) is 7.81. The van der Waals surface area contributed by atoms with Crippen LogP contribution in [-0.2, 0) is 9.59 Å². The fourth-order valence-electron chi connectivity index (χ4n) is 3.46. The van der Waals surface area contributed by atoms with E-state index in [1.54, 1.807) is 11.1 Å². The summed E-state index contributed by atoms with van der Waals surface area (Å²) in [6.45, 7) is 3.67. The first-order valence-corrected chi connectivity index (χ1v) is 8.14. The van der Waals surface area contributed by atoms with Gasteiger partial charge in [-0.2, -0.15) is 0 Å². The van der Waals surface area contributed by atoms with Gasteiger partial charge in [0.2, 0.25) is 11.8 Å². The van der Waals surface area contributed by atoms with Gasteiger partial charge < -0.3 is 15.5 Å². The van der Waals surface area contributed by atoms with Crippen LogP contribution in [0.2, 0.25) is 0 Å². The highest BCUT2D eigenvalue weighted by Crippen LogP contribution is 2.33. The lowest BCUT2D eigenvalue weighted by atomic mass is 9.93. The lowest BCUT2D eigenvalue weighted by Crippen LogP contribution is -2.37. The van der Waals surface area contributed by atoms with Crippen LogP contribution in [-0.4, -0.2) is 41.2 Å². The average molecular weight is 313 g/mol. The average Bonchev–Trinajstić information content (AvgIpc) is 3.04. The molecule has 3 rings (SSSR count). The van der Waals surface area contributed by atoms with Gasteiger partial charge in [0.1, 0.15) is 0 Å². The second-order valence-corrected chi connectivity index (χ2v) is 6.32. The van der Waals surface area contributed by atoms with Crippen molar-refractivity contribution in [3.05, 3.63) is 41.6 Å². The van der Waals surface area contributed by atoms with E-state index in [0.29, 0.717) is 18.9 Å². The Hall–Kier alpha value is -2.14. The zero-order valence-corrected chi connectivity index (χ0v) is 13.4. The maximum atomic E-state index is 12.7. The first-order chi connectivity index (χ1) is 11.1. The Kier molecular flexibility index (Phi) is 4.48. The fourth-order valence-corrected chi connectivity index (χ4v) is 3.46. The Balaban J connectivity index is 1.80. The smallest absolute Gasteiger partial charge is 0.225 e. The molecular formula is C18H23N3O2. The van der Waals surface area contributed by atoms with Gasteiger partial charge >= 0.3 is 0 Å². The van der Waals surface area contributed by atoms with Gasteiger partial charge in [-0.15, -0.1) is 0 Å². The monoisotopic (exact) mass is 313 g/mol. The molecule has 2 heterocycles. The normalized spacial score (nSPS) is 23.0. The lowest BCUT2D eigenvalue weighted by molar-refractivity contribution is -0.134. The number of benzene rings is 1. The highest BCUT2D eigenvalue weighted by molar-refractivity contribution is 5.82. The van der Waals surface area contributed by atoms with Gasteiger partial charge in [0, 0.05) is 26.2 Å². The third kappa shape index (κ3) is 3.15. The van der Waals surface area contributed by atoms with Crippen LogP contribution >= 0.6 is 0 Å². The number of fused-ring (bicyclic) bond motifs is 1. The van der Waals surface area contributed by atoms with E-state index in [9.17, 15) is 9.59 Å². The highest BCUT2D eigenvalue weighted by Gasteiger charge is 2.32. The molecule has 0 spiro atoms. The maximum absolute atomic E-state index is 12.7. The summed E-state index contributed by atoms with van der Waals surface area (Å²) in [7, 11) is 0. The third-order valence-corrected chi connectivity index (χ3v) is 4.81. The van der Waals surface area contributed by atoms with Gasteiger partial charge in [0.15, 0.2) is 0 Å². The Bertz CT molecular complexity index is 641. The maximum Gasteiger partial charge on any atom is 0.225 e. The summed E-state index contributed by atoms with van der Waals surface area (Å²) in [5.74, 6) is 0.457. The molecule has 0 radical (unpaired) electrons. The van der Waals surface area contributed by atoms with E-state index in [2.05, 4.69) is 0 Å². The number of hydrogen-bond acceptors (Lipinski definition) is 3. The largest absolute Gasteiger partial charge is 0.342 e. The fraction of sp³-hybridized carbons (Fsp3) is 0.444. The molecule has 0 saturated carbocycles. The van der Waals surface area contributed by atoms with Crippen LogP contribution in [0.4, 0.5) is 0 Å². The Morgan fingerprint density at radius 3 is 2.78 bits per heavy atom. The summed E-state index contributed by atoms with van der Waals surface area (Å²) >= 11 is 0. The third-order valence-electron chi connectivity index (χ3n) is 4.81. The summed E-state index contributed by atoms with van der Waals surface area (Å²) in [5, 5.41) is 0.